The summed E-state index contributed by atoms with van der Waals surface area (Å²) < 4.78 is 0. The van der Waals surface area contributed by atoms with Gasteiger partial charge in [0.15, 0.2) is 0 Å². The zero-order valence-corrected chi connectivity index (χ0v) is 19.6. The van der Waals surface area contributed by atoms with Crippen molar-refractivity contribution in [3.05, 3.63) is 0 Å². The van der Waals surface area contributed by atoms with Gasteiger partial charge >= 0.3 is 0 Å². The minimum Gasteiger partial charge on any atom is -0.303 e. The molecular formula is C22H50ClN3. The number of rotatable bonds is 19. The molecule has 0 saturated heterocycles. The summed E-state index contributed by atoms with van der Waals surface area (Å²) in [5, 5.41) is 0. The second kappa shape index (κ2) is 21.5. The van der Waals surface area contributed by atoms with Gasteiger partial charge in [-0.15, -0.1) is 12.4 Å². The first-order chi connectivity index (χ1) is 12.2. The Morgan fingerprint density at radius 2 is 0.577 bits per heavy atom. The lowest BCUT2D eigenvalue weighted by atomic mass is 10.2. The molecule has 0 spiro atoms. The van der Waals surface area contributed by atoms with E-state index in [-0.39, 0.29) is 12.4 Å². The van der Waals surface area contributed by atoms with Crippen molar-refractivity contribution in [1.82, 2.24) is 14.7 Å². The van der Waals surface area contributed by atoms with E-state index in [4.69, 9.17) is 0 Å². The Balaban J connectivity index is 0. The van der Waals surface area contributed by atoms with Crippen LogP contribution in [0.15, 0.2) is 0 Å². The first-order valence-corrected chi connectivity index (χ1v) is 11.4. The van der Waals surface area contributed by atoms with Gasteiger partial charge in [-0.3, -0.25) is 0 Å². The normalized spacial score (nSPS) is 11.5. The Hall–Kier alpha value is 0.170. The van der Waals surface area contributed by atoms with E-state index >= 15 is 0 Å². The molecule has 26 heavy (non-hydrogen) atoms. The third kappa shape index (κ3) is 16.4. The summed E-state index contributed by atoms with van der Waals surface area (Å²) in [7, 11) is 0. The van der Waals surface area contributed by atoms with Crippen LogP contribution in [0.1, 0.15) is 86.0 Å². The molecule has 0 aromatic heterocycles. The molecule has 0 aliphatic rings. The van der Waals surface area contributed by atoms with Crippen molar-refractivity contribution >= 4 is 12.4 Å². The van der Waals surface area contributed by atoms with Gasteiger partial charge < -0.3 is 14.7 Å². The molecule has 0 unspecified atom stereocenters. The summed E-state index contributed by atoms with van der Waals surface area (Å²) in [6.45, 7) is 23.0. The van der Waals surface area contributed by atoms with E-state index in [0.29, 0.717) is 0 Å². The van der Waals surface area contributed by atoms with Gasteiger partial charge in [-0.25, -0.2) is 0 Å². The fourth-order valence-electron chi connectivity index (χ4n) is 3.78. The molecule has 0 radical (unpaired) electrons. The monoisotopic (exact) mass is 391 g/mol. The molecule has 0 rings (SSSR count). The van der Waals surface area contributed by atoms with Gasteiger partial charge in [0, 0.05) is 0 Å². The molecule has 0 aliphatic carbocycles. The maximum atomic E-state index is 2.71. The molecule has 4 heteroatoms. The smallest absolute Gasteiger partial charge is 0.000655 e. The van der Waals surface area contributed by atoms with E-state index in [2.05, 4.69) is 49.3 Å². The fraction of sp³-hybridized carbons (Fsp3) is 1.00. The second-order valence-corrected chi connectivity index (χ2v) is 7.59. The zero-order chi connectivity index (χ0) is 18.8. The second-order valence-electron chi connectivity index (χ2n) is 7.59. The standard InChI is InChI=1S/C22H49N3.ClH/c1-6-14-23(15-7-2)19-11-12-20-25(18-10-5)22-13-21-24(16-8-3)17-9-4;/h6-22H2,1-5H3;1H. The molecule has 3 nitrogen and oxygen atoms in total. The first kappa shape index (κ1) is 28.4. The molecule has 160 valence electrons. The van der Waals surface area contributed by atoms with Crippen molar-refractivity contribution in [2.45, 2.75) is 86.0 Å². The van der Waals surface area contributed by atoms with E-state index in [1.807, 2.05) is 0 Å². The predicted octanol–water partition coefficient (Wildman–Crippen LogP) is 5.53. The average molecular weight is 392 g/mol. The molecule has 0 N–H and O–H groups in total. The van der Waals surface area contributed by atoms with Crippen molar-refractivity contribution in [3.8, 4) is 0 Å². The summed E-state index contributed by atoms with van der Waals surface area (Å²) in [6, 6.07) is 0. The Bertz CT molecular complexity index is 252. The van der Waals surface area contributed by atoms with Gasteiger partial charge in [0.2, 0.25) is 0 Å². The minimum atomic E-state index is 0. The maximum Gasteiger partial charge on any atom is -0.000655 e. The number of halogens is 1. The van der Waals surface area contributed by atoms with E-state index in [1.165, 1.54) is 110 Å². The SMILES string of the molecule is CCCN(CCC)CCCCN(CCC)CCCN(CCC)CCC.Cl. The van der Waals surface area contributed by atoms with E-state index < -0.39 is 0 Å². The summed E-state index contributed by atoms with van der Waals surface area (Å²) in [4.78, 5) is 8.01. The number of nitrogens with zero attached hydrogens (tertiary/aromatic N) is 3. The average Bonchev–Trinajstić information content (AvgIpc) is 2.59. The van der Waals surface area contributed by atoms with Crippen molar-refractivity contribution in [2.75, 3.05) is 58.9 Å². The number of hydrogen-bond donors (Lipinski definition) is 0. The van der Waals surface area contributed by atoms with Crippen LogP contribution in [0.25, 0.3) is 0 Å². The van der Waals surface area contributed by atoms with Crippen molar-refractivity contribution < 1.29 is 0 Å². The van der Waals surface area contributed by atoms with Crippen molar-refractivity contribution in [2.24, 2.45) is 0 Å². The quantitative estimate of drug-likeness (QED) is 0.268. The van der Waals surface area contributed by atoms with Gasteiger partial charge in [0.1, 0.15) is 0 Å². The Kier molecular flexibility index (Phi) is 23.4. The van der Waals surface area contributed by atoms with E-state index in [0.717, 1.165) is 0 Å². The van der Waals surface area contributed by atoms with Crippen molar-refractivity contribution in [3.63, 3.8) is 0 Å². The molecule has 0 bridgehead atoms. The first-order valence-electron chi connectivity index (χ1n) is 11.4. The molecule has 0 amide bonds. The molecule has 0 atom stereocenters. The highest BCUT2D eigenvalue weighted by atomic mass is 35.5. The van der Waals surface area contributed by atoms with Gasteiger partial charge in [-0.05, 0) is 110 Å². The minimum absolute atomic E-state index is 0. The van der Waals surface area contributed by atoms with Crippen LogP contribution in [-0.4, -0.2) is 73.6 Å². The summed E-state index contributed by atoms with van der Waals surface area (Å²) in [5.74, 6) is 0. The molecule has 0 aliphatic heterocycles. The summed E-state index contributed by atoms with van der Waals surface area (Å²) in [5.41, 5.74) is 0. The molecular weight excluding hydrogens is 342 g/mol. The molecule has 0 saturated carbocycles. The van der Waals surface area contributed by atoms with Gasteiger partial charge in [0.05, 0.1) is 0 Å². The van der Waals surface area contributed by atoms with Crippen LogP contribution in [0.5, 0.6) is 0 Å². The van der Waals surface area contributed by atoms with Crippen LogP contribution in [0, 0.1) is 0 Å². The van der Waals surface area contributed by atoms with E-state index in [1.54, 1.807) is 0 Å². The lowest BCUT2D eigenvalue weighted by molar-refractivity contribution is 0.216. The van der Waals surface area contributed by atoms with Crippen molar-refractivity contribution in [1.29, 1.82) is 0 Å². The number of unbranched alkanes of at least 4 members (excludes halogenated alkanes) is 1. The Morgan fingerprint density at radius 3 is 0.846 bits per heavy atom. The summed E-state index contributed by atoms with van der Waals surface area (Å²) in [6.07, 6.45) is 10.5. The van der Waals surface area contributed by atoms with Gasteiger partial charge in [-0.2, -0.15) is 0 Å². The molecule has 0 heterocycles. The molecule has 0 fully saturated rings. The van der Waals surface area contributed by atoms with Crippen LogP contribution in [-0.2, 0) is 0 Å². The van der Waals surface area contributed by atoms with Gasteiger partial charge in [0.25, 0.3) is 0 Å². The molecule has 0 aromatic rings. The lowest BCUT2D eigenvalue weighted by Crippen LogP contribution is -2.32. The highest BCUT2D eigenvalue weighted by Gasteiger charge is 2.07. The van der Waals surface area contributed by atoms with Crippen LogP contribution < -0.4 is 0 Å². The summed E-state index contributed by atoms with van der Waals surface area (Å²) >= 11 is 0. The molecule has 0 aromatic carbocycles. The van der Waals surface area contributed by atoms with Crippen LogP contribution >= 0.6 is 12.4 Å². The van der Waals surface area contributed by atoms with Gasteiger partial charge in [-0.1, -0.05) is 34.6 Å². The third-order valence-electron chi connectivity index (χ3n) is 4.85. The van der Waals surface area contributed by atoms with Crippen LogP contribution in [0.4, 0.5) is 0 Å². The lowest BCUT2D eigenvalue weighted by Gasteiger charge is -2.26. The van der Waals surface area contributed by atoms with Crippen LogP contribution in [0.3, 0.4) is 0 Å². The maximum absolute atomic E-state index is 2.71. The zero-order valence-electron chi connectivity index (χ0n) is 18.8. The highest BCUT2D eigenvalue weighted by molar-refractivity contribution is 5.85. The Labute approximate surface area is 172 Å². The third-order valence-corrected chi connectivity index (χ3v) is 4.85. The Morgan fingerprint density at radius 1 is 0.346 bits per heavy atom. The fourth-order valence-corrected chi connectivity index (χ4v) is 3.78. The highest BCUT2D eigenvalue weighted by Crippen LogP contribution is 2.04. The van der Waals surface area contributed by atoms with E-state index in [9.17, 15) is 0 Å². The largest absolute Gasteiger partial charge is 0.303 e. The topological polar surface area (TPSA) is 9.72 Å². The van der Waals surface area contributed by atoms with Crippen LogP contribution in [0.2, 0.25) is 0 Å². The predicted molar refractivity (Wildman–Crippen MR) is 122 cm³/mol. The number of hydrogen-bond acceptors (Lipinski definition) is 3.